The predicted octanol–water partition coefficient (Wildman–Crippen LogP) is 2.34. The van der Waals surface area contributed by atoms with Gasteiger partial charge in [0.15, 0.2) is 0 Å². The van der Waals surface area contributed by atoms with Crippen molar-refractivity contribution in [3.8, 4) is 0 Å². The Morgan fingerprint density at radius 1 is 1.17 bits per heavy atom. The molecule has 0 radical (unpaired) electrons. The number of nitrogens with one attached hydrogen (secondary N) is 2. The second-order valence-corrected chi connectivity index (χ2v) is 5.75. The van der Waals surface area contributed by atoms with Gasteiger partial charge >= 0.3 is 5.97 Å². The maximum Gasteiger partial charge on any atom is 0.308 e. The average Bonchev–Trinajstić information content (AvgIpc) is 2.51. The van der Waals surface area contributed by atoms with Crippen LogP contribution in [-0.2, 0) is 9.59 Å². The highest BCUT2D eigenvalue weighted by atomic mass is 35.5. The molecule has 0 heterocycles. The second kappa shape index (κ2) is 9.37. The van der Waals surface area contributed by atoms with Crippen molar-refractivity contribution in [2.24, 2.45) is 5.92 Å². The van der Waals surface area contributed by atoms with Gasteiger partial charge in [0.1, 0.15) is 0 Å². The first kappa shape index (κ1) is 19.3. The van der Waals surface area contributed by atoms with Crippen LogP contribution in [0.5, 0.6) is 0 Å². The zero-order valence-corrected chi connectivity index (χ0v) is 14.1. The lowest BCUT2D eigenvalue weighted by Crippen LogP contribution is -2.40. The molecule has 1 aromatic rings. The van der Waals surface area contributed by atoms with Crippen LogP contribution in [-0.4, -0.2) is 36.0 Å². The Kier molecular flexibility index (Phi) is 7.85. The van der Waals surface area contributed by atoms with Crippen LogP contribution in [0.4, 0.5) is 0 Å². The van der Waals surface area contributed by atoms with Crippen LogP contribution in [0.25, 0.3) is 0 Å². The number of hydrogen-bond acceptors (Lipinski definition) is 3. The van der Waals surface area contributed by atoms with Gasteiger partial charge in [-0.3, -0.25) is 14.4 Å². The Bertz CT molecular complexity index is 593. The van der Waals surface area contributed by atoms with Crippen molar-refractivity contribution in [2.75, 3.05) is 13.1 Å². The minimum Gasteiger partial charge on any atom is -0.481 e. The van der Waals surface area contributed by atoms with E-state index in [1.165, 1.54) is 18.2 Å². The van der Waals surface area contributed by atoms with E-state index in [-0.39, 0.29) is 23.7 Å². The fraction of sp³-hybridized carbons (Fsp3) is 0.400. The average molecular weight is 361 g/mol. The summed E-state index contributed by atoms with van der Waals surface area (Å²) in [6.07, 6.45) is 1.19. The molecule has 2 amide bonds. The summed E-state index contributed by atoms with van der Waals surface area (Å²) in [5.41, 5.74) is 0.279. The Balaban J connectivity index is 2.44. The van der Waals surface area contributed by atoms with Crippen LogP contribution >= 0.6 is 23.2 Å². The van der Waals surface area contributed by atoms with Crippen molar-refractivity contribution in [2.45, 2.75) is 19.8 Å². The maximum absolute atomic E-state index is 11.9. The summed E-state index contributed by atoms with van der Waals surface area (Å²) in [6.45, 7) is 1.65. The molecular weight excluding hydrogens is 343 g/mol. The van der Waals surface area contributed by atoms with E-state index in [4.69, 9.17) is 28.3 Å². The smallest absolute Gasteiger partial charge is 0.308 e. The summed E-state index contributed by atoms with van der Waals surface area (Å²) in [6, 6.07) is 4.38. The van der Waals surface area contributed by atoms with Crippen molar-refractivity contribution in [3.63, 3.8) is 0 Å². The lowest BCUT2D eigenvalue weighted by Gasteiger charge is -2.12. The lowest BCUT2D eigenvalue weighted by molar-refractivity contribution is -0.141. The number of carbonyl (C=O) groups excluding carboxylic acids is 2. The largest absolute Gasteiger partial charge is 0.481 e. The third-order valence-electron chi connectivity index (χ3n) is 3.12. The molecule has 0 aliphatic carbocycles. The minimum atomic E-state index is -0.952. The van der Waals surface area contributed by atoms with Crippen LogP contribution in [0.2, 0.25) is 10.0 Å². The lowest BCUT2D eigenvalue weighted by atomic mass is 10.0. The number of amides is 2. The number of carbonyl (C=O) groups is 3. The molecule has 8 heteroatoms. The monoisotopic (exact) mass is 360 g/mol. The Morgan fingerprint density at radius 2 is 1.87 bits per heavy atom. The topological polar surface area (TPSA) is 95.5 Å². The van der Waals surface area contributed by atoms with Gasteiger partial charge < -0.3 is 15.7 Å². The molecule has 23 heavy (non-hydrogen) atoms. The molecule has 0 saturated heterocycles. The highest BCUT2D eigenvalue weighted by Crippen LogP contribution is 2.22. The van der Waals surface area contributed by atoms with Gasteiger partial charge in [0.25, 0.3) is 5.91 Å². The van der Waals surface area contributed by atoms with Crippen molar-refractivity contribution in [1.29, 1.82) is 0 Å². The van der Waals surface area contributed by atoms with Crippen LogP contribution < -0.4 is 10.6 Å². The van der Waals surface area contributed by atoms with Gasteiger partial charge in [-0.2, -0.15) is 0 Å². The Labute approximate surface area is 144 Å². The molecule has 1 atom stereocenters. The molecule has 1 unspecified atom stereocenters. The quantitative estimate of drug-likeness (QED) is 0.662. The zero-order chi connectivity index (χ0) is 17.4. The first-order valence-corrected chi connectivity index (χ1v) is 7.83. The van der Waals surface area contributed by atoms with Gasteiger partial charge in [0.05, 0.1) is 22.5 Å². The summed E-state index contributed by atoms with van der Waals surface area (Å²) >= 11 is 11.6. The molecule has 6 nitrogen and oxygen atoms in total. The van der Waals surface area contributed by atoms with E-state index in [2.05, 4.69) is 10.6 Å². The number of halogens is 2. The molecule has 0 fully saturated rings. The maximum atomic E-state index is 11.9. The fourth-order valence-electron chi connectivity index (χ4n) is 1.86. The predicted molar refractivity (Wildman–Crippen MR) is 87.8 cm³/mol. The van der Waals surface area contributed by atoms with Gasteiger partial charge in [-0.05, 0) is 24.6 Å². The number of carboxylic acids is 1. The zero-order valence-electron chi connectivity index (χ0n) is 12.6. The standard InChI is InChI=1S/C15H18Cl2N2O4/c1-2-3-10(15(22)23)7-18-13(20)8-19-14(21)9-4-5-11(16)12(17)6-9/h4-6,10H,2-3,7-8H2,1H3,(H,18,20)(H,19,21)(H,22,23). The molecule has 0 aliphatic rings. The summed E-state index contributed by atoms with van der Waals surface area (Å²) in [5.74, 6) is -2.51. The van der Waals surface area contributed by atoms with Gasteiger partial charge in [-0.25, -0.2) is 0 Å². The third-order valence-corrected chi connectivity index (χ3v) is 3.86. The molecule has 1 aromatic carbocycles. The van der Waals surface area contributed by atoms with E-state index in [9.17, 15) is 14.4 Å². The number of benzene rings is 1. The number of aliphatic carboxylic acids is 1. The van der Waals surface area contributed by atoms with E-state index in [1.54, 1.807) is 0 Å². The van der Waals surface area contributed by atoms with Crippen molar-refractivity contribution in [3.05, 3.63) is 33.8 Å². The molecule has 0 spiro atoms. The molecule has 126 valence electrons. The van der Waals surface area contributed by atoms with Crippen LogP contribution in [0.1, 0.15) is 30.1 Å². The Hall–Kier alpha value is -1.79. The number of rotatable bonds is 8. The molecule has 0 bridgehead atoms. The summed E-state index contributed by atoms with van der Waals surface area (Å²) in [7, 11) is 0. The molecule has 0 aliphatic heterocycles. The van der Waals surface area contributed by atoms with Crippen LogP contribution in [0, 0.1) is 5.92 Å². The van der Waals surface area contributed by atoms with Gasteiger partial charge in [0, 0.05) is 12.1 Å². The SMILES string of the molecule is CCCC(CNC(=O)CNC(=O)c1ccc(Cl)c(Cl)c1)C(=O)O. The van der Waals surface area contributed by atoms with E-state index < -0.39 is 23.7 Å². The summed E-state index contributed by atoms with van der Waals surface area (Å²) < 4.78 is 0. The van der Waals surface area contributed by atoms with E-state index >= 15 is 0 Å². The molecular formula is C15H18Cl2N2O4. The van der Waals surface area contributed by atoms with E-state index in [0.717, 1.165) is 0 Å². The highest BCUT2D eigenvalue weighted by Gasteiger charge is 2.17. The minimum absolute atomic E-state index is 0.0324. The second-order valence-electron chi connectivity index (χ2n) is 4.94. The number of hydrogen-bond donors (Lipinski definition) is 3. The van der Waals surface area contributed by atoms with E-state index in [1.807, 2.05) is 6.92 Å². The highest BCUT2D eigenvalue weighted by molar-refractivity contribution is 6.42. The van der Waals surface area contributed by atoms with Crippen LogP contribution in [0.15, 0.2) is 18.2 Å². The van der Waals surface area contributed by atoms with E-state index in [0.29, 0.717) is 17.9 Å². The normalized spacial score (nSPS) is 11.6. The Morgan fingerprint density at radius 3 is 2.43 bits per heavy atom. The molecule has 1 rings (SSSR count). The van der Waals surface area contributed by atoms with Crippen molar-refractivity contribution in [1.82, 2.24) is 10.6 Å². The third kappa shape index (κ3) is 6.46. The van der Waals surface area contributed by atoms with Crippen LogP contribution in [0.3, 0.4) is 0 Å². The van der Waals surface area contributed by atoms with Crippen molar-refractivity contribution >= 4 is 41.0 Å². The number of carboxylic acid groups (broad SMARTS) is 1. The first-order valence-electron chi connectivity index (χ1n) is 7.07. The molecule has 0 saturated carbocycles. The fourth-order valence-corrected chi connectivity index (χ4v) is 2.16. The van der Waals surface area contributed by atoms with Gasteiger partial charge in [-0.1, -0.05) is 36.5 Å². The first-order chi connectivity index (χ1) is 10.8. The van der Waals surface area contributed by atoms with Gasteiger partial charge in [-0.15, -0.1) is 0 Å². The van der Waals surface area contributed by atoms with Crippen molar-refractivity contribution < 1.29 is 19.5 Å². The van der Waals surface area contributed by atoms with Gasteiger partial charge in [0.2, 0.25) is 5.91 Å². The molecule has 0 aromatic heterocycles. The molecule has 3 N–H and O–H groups in total. The summed E-state index contributed by atoms with van der Waals surface area (Å²) in [5, 5.41) is 14.5. The summed E-state index contributed by atoms with van der Waals surface area (Å²) in [4.78, 5) is 34.5.